The third-order valence-corrected chi connectivity index (χ3v) is 0.972. The zero-order valence-electron chi connectivity index (χ0n) is 5.47. The van der Waals surface area contributed by atoms with Gasteiger partial charge in [0.25, 0.3) is 0 Å². The molecule has 0 fully saturated rings. The lowest BCUT2D eigenvalue weighted by Crippen LogP contribution is -2.44. The minimum atomic E-state index is -1.60. The van der Waals surface area contributed by atoms with Crippen LogP contribution in [0.4, 0.5) is 0 Å². The van der Waals surface area contributed by atoms with E-state index in [2.05, 4.69) is 5.84 Å². The van der Waals surface area contributed by atoms with Crippen LogP contribution in [0.1, 0.15) is 6.42 Å². The summed E-state index contributed by atoms with van der Waals surface area (Å²) in [7, 11) is 0. The summed E-state index contributed by atoms with van der Waals surface area (Å²) in [5.74, 6) is 1.80. The Balaban J connectivity index is 4.12. The van der Waals surface area contributed by atoms with E-state index in [1.165, 1.54) is 0 Å². The Morgan fingerprint density at radius 1 is 1.45 bits per heavy atom. The molecule has 0 aromatic rings. The zero-order chi connectivity index (χ0) is 9.02. The maximum Gasteiger partial charge on any atom is 0.325 e. The molecule has 64 valence electrons. The maximum absolute atomic E-state index is 10.1. The van der Waals surface area contributed by atoms with Gasteiger partial charge in [0, 0.05) is 0 Å². The van der Waals surface area contributed by atoms with Gasteiger partial charge in [0.05, 0.1) is 6.42 Å². The molecular formula is C4H8N2O5. The molecule has 0 heterocycles. The van der Waals surface area contributed by atoms with Crippen LogP contribution in [-0.4, -0.2) is 38.6 Å². The van der Waals surface area contributed by atoms with E-state index in [-0.39, 0.29) is 5.17 Å². The van der Waals surface area contributed by atoms with Gasteiger partial charge < -0.3 is 10.2 Å². The largest absolute Gasteiger partial charge is 0.481 e. The first-order valence-electron chi connectivity index (χ1n) is 2.62. The summed E-state index contributed by atoms with van der Waals surface area (Å²) in [6.45, 7) is 0. The van der Waals surface area contributed by atoms with E-state index in [4.69, 9.17) is 15.4 Å². The molecule has 7 nitrogen and oxygen atoms in total. The minimum absolute atomic E-state index is 0.142. The lowest BCUT2D eigenvalue weighted by Gasteiger charge is -2.14. The van der Waals surface area contributed by atoms with Crippen molar-refractivity contribution in [3.63, 3.8) is 0 Å². The molecule has 0 aliphatic carbocycles. The molecule has 0 aliphatic rings. The van der Waals surface area contributed by atoms with Crippen molar-refractivity contribution < 1.29 is 25.0 Å². The number of hydroxylamine groups is 1. The van der Waals surface area contributed by atoms with Crippen LogP contribution in [0.2, 0.25) is 0 Å². The smallest absolute Gasteiger partial charge is 0.325 e. The van der Waals surface area contributed by atoms with Gasteiger partial charge >= 0.3 is 11.9 Å². The van der Waals surface area contributed by atoms with Gasteiger partial charge in [-0.25, -0.2) is 5.84 Å². The number of rotatable bonds is 4. The van der Waals surface area contributed by atoms with Crippen LogP contribution in [0.15, 0.2) is 0 Å². The van der Waals surface area contributed by atoms with E-state index in [1.54, 1.807) is 0 Å². The standard InChI is InChI=1S/C4H8N2O5/c5-6(11)2(4(9)10)1-3(7)8/h2,11H,1,5H2,(H,7,8)(H,9,10). The third-order valence-electron chi connectivity index (χ3n) is 0.972. The molecule has 1 atom stereocenters. The summed E-state index contributed by atoms with van der Waals surface area (Å²) in [5.41, 5.74) is 0. The van der Waals surface area contributed by atoms with Crippen molar-refractivity contribution in [3.8, 4) is 0 Å². The normalized spacial score (nSPS) is 13.0. The Hall–Kier alpha value is -1.18. The highest BCUT2D eigenvalue weighted by Crippen LogP contribution is 1.96. The number of carbonyl (C=O) groups is 2. The first-order chi connectivity index (χ1) is 4.95. The molecule has 0 saturated carbocycles. The van der Waals surface area contributed by atoms with E-state index < -0.39 is 24.4 Å². The van der Waals surface area contributed by atoms with Crippen molar-refractivity contribution in [2.45, 2.75) is 12.5 Å². The van der Waals surface area contributed by atoms with Crippen molar-refractivity contribution in [1.29, 1.82) is 0 Å². The second-order valence-corrected chi connectivity index (χ2v) is 1.83. The van der Waals surface area contributed by atoms with Crippen molar-refractivity contribution in [1.82, 2.24) is 5.17 Å². The van der Waals surface area contributed by atoms with Crippen LogP contribution < -0.4 is 5.84 Å². The van der Waals surface area contributed by atoms with Crippen LogP contribution >= 0.6 is 0 Å². The fourth-order valence-corrected chi connectivity index (χ4v) is 0.459. The Morgan fingerprint density at radius 3 is 2.00 bits per heavy atom. The molecule has 0 saturated heterocycles. The third kappa shape index (κ3) is 3.50. The van der Waals surface area contributed by atoms with E-state index in [1.807, 2.05) is 0 Å². The summed E-state index contributed by atoms with van der Waals surface area (Å²) < 4.78 is 0. The van der Waals surface area contributed by atoms with E-state index in [9.17, 15) is 9.59 Å². The van der Waals surface area contributed by atoms with Gasteiger partial charge in [-0.1, -0.05) is 0 Å². The van der Waals surface area contributed by atoms with Gasteiger partial charge in [0.1, 0.15) is 0 Å². The molecule has 0 aromatic heterocycles. The molecule has 5 N–H and O–H groups in total. The summed E-state index contributed by atoms with van der Waals surface area (Å²) >= 11 is 0. The lowest BCUT2D eigenvalue weighted by molar-refractivity contribution is -0.176. The number of carboxylic acid groups (broad SMARTS) is 2. The van der Waals surface area contributed by atoms with E-state index in [0.717, 1.165) is 0 Å². The zero-order valence-corrected chi connectivity index (χ0v) is 5.47. The monoisotopic (exact) mass is 164 g/mol. The van der Waals surface area contributed by atoms with Crippen LogP contribution in [-0.2, 0) is 9.59 Å². The van der Waals surface area contributed by atoms with Crippen molar-refractivity contribution in [3.05, 3.63) is 0 Å². The number of nitrogens with two attached hydrogens (primary N) is 1. The maximum atomic E-state index is 10.1. The Morgan fingerprint density at radius 2 is 1.91 bits per heavy atom. The first-order valence-corrected chi connectivity index (χ1v) is 2.62. The Bertz CT molecular complexity index is 168. The van der Waals surface area contributed by atoms with Gasteiger partial charge in [0.15, 0.2) is 6.04 Å². The average molecular weight is 164 g/mol. The van der Waals surface area contributed by atoms with Crippen LogP contribution in [0.3, 0.4) is 0 Å². The SMILES string of the molecule is NN(O)C(CC(=O)O)C(=O)O. The summed E-state index contributed by atoms with van der Waals surface area (Å²) in [6.07, 6.45) is -0.748. The van der Waals surface area contributed by atoms with Gasteiger partial charge in [-0.05, 0) is 0 Å². The molecule has 0 rings (SSSR count). The summed E-state index contributed by atoms with van der Waals surface area (Å²) in [5, 5.41) is 24.6. The lowest BCUT2D eigenvalue weighted by atomic mass is 10.2. The number of hydrazine groups is 1. The molecule has 0 bridgehead atoms. The number of nitrogens with zero attached hydrogens (tertiary/aromatic N) is 1. The topological polar surface area (TPSA) is 124 Å². The van der Waals surface area contributed by atoms with Crippen molar-refractivity contribution in [2.75, 3.05) is 0 Å². The van der Waals surface area contributed by atoms with Gasteiger partial charge in [-0.15, -0.1) is 5.17 Å². The molecule has 7 heteroatoms. The van der Waals surface area contributed by atoms with Crippen molar-refractivity contribution >= 4 is 11.9 Å². The fourth-order valence-electron chi connectivity index (χ4n) is 0.459. The highest BCUT2D eigenvalue weighted by Gasteiger charge is 2.25. The number of carboxylic acids is 2. The fraction of sp³-hybridized carbons (Fsp3) is 0.500. The highest BCUT2D eigenvalue weighted by atomic mass is 16.5. The molecule has 11 heavy (non-hydrogen) atoms. The predicted molar refractivity (Wildman–Crippen MR) is 31.5 cm³/mol. The number of hydrogen-bond donors (Lipinski definition) is 4. The number of hydrogen-bond acceptors (Lipinski definition) is 5. The second kappa shape index (κ2) is 3.86. The van der Waals surface area contributed by atoms with Crippen molar-refractivity contribution in [2.24, 2.45) is 5.84 Å². The van der Waals surface area contributed by atoms with Gasteiger partial charge in [0.2, 0.25) is 0 Å². The molecule has 0 spiro atoms. The molecule has 0 aromatic carbocycles. The quantitative estimate of drug-likeness (QED) is 0.293. The van der Waals surface area contributed by atoms with E-state index in [0.29, 0.717) is 0 Å². The summed E-state index contributed by atoms with van der Waals surface area (Å²) in [4.78, 5) is 20.1. The first kappa shape index (κ1) is 9.82. The van der Waals surface area contributed by atoms with Gasteiger partial charge in [-0.3, -0.25) is 14.8 Å². The molecular weight excluding hydrogens is 156 g/mol. The molecule has 0 aliphatic heterocycles. The predicted octanol–water partition coefficient (Wildman–Crippen LogP) is -1.52. The highest BCUT2D eigenvalue weighted by molar-refractivity contribution is 5.80. The van der Waals surface area contributed by atoms with Crippen LogP contribution in [0.25, 0.3) is 0 Å². The Kier molecular flexibility index (Phi) is 3.45. The molecule has 0 amide bonds. The Labute approximate surface area is 61.6 Å². The molecule has 1 unspecified atom stereocenters. The minimum Gasteiger partial charge on any atom is -0.481 e. The summed E-state index contributed by atoms with van der Waals surface area (Å²) in [6, 6.07) is -1.60. The molecule has 0 radical (unpaired) electrons. The van der Waals surface area contributed by atoms with E-state index >= 15 is 0 Å². The van der Waals surface area contributed by atoms with Crippen LogP contribution in [0.5, 0.6) is 0 Å². The van der Waals surface area contributed by atoms with Gasteiger partial charge in [-0.2, -0.15) is 0 Å². The second-order valence-electron chi connectivity index (χ2n) is 1.83. The average Bonchev–Trinajstić information content (AvgIpc) is 1.81. The van der Waals surface area contributed by atoms with Crippen LogP contribution in [0, 0.1) is 0 Å². The number of aliphatic carboxylic acids is 2.